The smallest absolute Gasteiger partial charge is 0.309 e. The van der Waals surface area contributed by atoms with E-state index in [1.807, 2.05) is 0 Å². The molecule has 8 aromatic carbocycles. The molecule has 2 aliphatic rings. The van der Waals surface area contributed by atoms with Crippen molar-refractivity contribution in [1.82, 2.24) is 19.1 Å². The van der Waals surface area contributed by atoms with Crippen molar-refractivity contribution in [3.05, 3.63) is 193 Å². The zero-order chi connectivity index (χ0) is 38.3. The number of aryl methyl sites for hydroxylation is 1. The van der Waals surface area contributed by atoms with Crippen molar-refractivity contribution in [2.45, 2.75) is 19.8 Å². The maximum absolute atomic E-state index is 5.62. The molecule has 3 heterocycles. The van der Waals surface area contributed by atoms with Gasteiger partial charge >= 0.3 is 5.82 Å². The molecule has 0 fully saturated rings. The molecule has 0 radical (unpaired) electrons. The monoisotopic (exact) mass is 741 g/mol. The first-order valence-electron chi connectivity index (χ1n) is 20.2. The second-order valence-electron chi connectivity index (χ2n) is 15.5. The van der Waals surface area contributed by atoms with Crippen molar-refractivity contribution in [3.8, 4) is 22.4 Å². The Kier molecular flexibility index (Phi) is 7.24. The predicted molar refractivity (Wildman–Crippen MR) is 244 cm³/mol. The molecule has 4 nitrogen and oxygen atoms in total. The van der Waals surface area contributed by atoms with Gasteiger partial charge in [0.1, 0.15) is 10.9 Å². The summed E-state index contributed by atoms with van der Waals surface area (Å²) in [6.07, 6.45) is 13.6. The van der Waals surface area contributed by atoms with E-state index in [1.165, 1.54) is 54.5 Å². The summed E-state index contributed by atoms with van der Waals surface area (Å²) in [4.78, 5) is 11.2. The summed E-state index contributed by atoms with van der Waals surface area (Å²) >= 11 is 0. The zero-order valence-electron chi connectivity index (χ0n) is 32.0. The largest absolute Gasteiger partial charge is 0.355 e. The highest BCUT2D eigenvalue weighted by Gasteiger charge is 2.28. The number of hydrogen-bond donors (Lipinski definition) is 0. The molecule has 4 heteroatoms. The molecule has 12 rings (SSSR count). The van der Waals surface area contributed by atoms with Gasteiger partial charge in [0, 0.05) is 38.9 Å². The lowest BCUT2D eigenvalue weighted by Gasteiger charge is -2.15. The molecule has 58 heavy (non-hydrogen) atoms. The fourth-order valence-corrected chi connectivity index (χ4v) is 9.61. The van der Waals surface area contributed by atoms with Crippen molar-refractivity contribution >= 4 is 82.6 Å². The van der Waals surface area contributed by atoms with E-state index in [9.17, 15) is 0 Å². The van der Waals surface area contributed by atoms with Crippen LogP contribution in [-0.4, -0.2) is 14.5 Å². The van der Waals surface area contributed by atoms with Gasteiger partial charge in [-0.1, -0.05) is 133 Å². The van der Waals surface area contributed by atoms with Crippen LogP contribution in [-0.2, 0) is 0 Å². The van der Waals surface area contributed by atoms with Gasteiger partial charge in [0.2, 0.25) is 5.52 Å². The second-order valence-corrected chi connectivity index (χ2v) is 15.5. The van der Waals surface area contributed by atoms with Gasteiger partial charge in [0.25, 0.3) is 0 Å². The summed E-state index contributed by atoms with van der Waals surface area (Å²) in [5.74, 6) is 0.782. The SMILES string of the molecule is Cc1c2c3n(C4=CCCC=C4)c4cccc(c5ccccc5c5cc(-c6ccccc6)cc(c15)=[N+](c1nc5ccc6ccccc6c5nc1-c1ccccc1)C=C3)c24. The average Bonchev–Trinajstić information content (AvgIpc) is 3.62. The van der Waals surface area contributed by atoms with Gasteiger partial charge < -0.3 is 4.57 Å². The van der Waals surface area contributed by atoms with Crippen LogP contribution in [0.1, 0.15) is 24.1 Å². The van der Waals surface area contributed by atoms with Crippen LogP contribution in [0.15, 0.2) is 176 Å². The van der Waals surface area contributed by atoms with Gasteiger partial charge in [-0.3, -0.25) is 0 Å². The molecule has 1 aliphatic carbocycles. The first kappa shape index (κ1) is 32.8. The third-order valence-electron chi connectivity index (χ3n) is 12.2. The van der Waals surface area contributed by atoms with Crippen LogP contribution in [0.5, 0.6) is 0 Å². The van der Waals surface area contributed by atoms with E-state index in [4.69, 9.17) is 9.97 Å². The number of benzene rings is 7. The molecular weight excluding hydrogens is 705 g/mol. The summed E-state index contributed by atoms with van der Waals surface area (Å²) in [5, 5.41) is 11.9. The highest BCUT2D eigenvalue weighted by atomic mass is 15.1. The topological polar surface area (TPSA) is 33.7 Å². The summed E-state index contributed by atoms with van der Waals surface area (Å²) in [6, 6.07) is 54.6. The van der Waals surface area contributed by atoms with Crippen molar-refractivity contribution in [2.24, 2.45) is 0 Å². The molecule has 0 unspecified atom stereocenters. The molecule has 0 saturated heterocycles. The first-order chi connectivity index (χ1) is 28.7. The van der Waals surface area contributed by atoms with Crippen LogP contribution >= 0.6 is 0 Å². The van der Waals surface area contributed by atoms with Crippen LogP contribution in [0.3, 0.4) is 0 Å². The molecule has 10 aromatic rings. The molecule has 0 saturated carbocycles. The highest BCUT2D eigenvalue weighted by molar-refractivity contribution is 6.26. The van der Waals surface area contributed by atoms with Gasteiger partial charge in [-0.15, -0.1) is 0 Å². The van der Waals surface area contributed by atoms with E-state index in [0.717, 1.165) is 73.9 Å². The maximum Gasteiger partial charge on any atom is 0.355 e. The minimum Gasteiger partial charge on any atom is -0.309 e. The molecule has 0 amide bonds. The van der Waals surface area contributed by atoms with E-state index in [0.29, 0.717) is 0 Å². The number of aromatic nitrogens is 3. The normalized spacial score (nSPS) is 13.7. The third kappa shape index (κ3) is 4.85. The van der Waals surface area contributed by atoms with Gasteiger partial charge in [-0.2, -0.15) is 4.58 Å². The third-order valence-corrected chi connectivity index (χ3v) is 12.2. The Bertz CT molecular complexity index is 3550. The summed E-state index contributed by atoms with van der Waals surface area (Å²) < 4.78 is 4.80. The Balaban J connectivity index is 1.35. The Morgan fingerprint density at radius 2 is 1.28 bits per heavy atom. The highest BCUT2D eigenvalue weighted by Crippen LogP contribution is 2.43. The molecule has 0 atom stereocenters. The molecule has 0 N–H and O–H groups in total. The Labute approximate surface area is 335 Å². The fraction of sp³-hybridized carbons (Fsp3) is 0.0556. The maximum atomic E-state index is 5.62. The van der Waals surface area contributed by atoms with Gasteiger partial charge in [0.15, 0.2) is 5.69 Å². The lowest BCUT2D eigenvalue weighted by molar-refractivity contribution is 0.934. The van der Waals surface area contributed by atoms with Gasteiger partial charge in [-0.05, 0) is 105 Å². The summed E-state index contributed by atoms with van der Waals surface area (Å²) in [6.45, 7) is 2.33. The van der Waals surface area contributed by atoms with Crippen LogP contribution in [0, 0.1) is 6.92 Å². The van der Waals surface area contributed by atoms with E-state index in [-0.39, 0.29) is 0 Å². The van der Waals surface area contributed by atoms with E-state index < -0.39 is 0 Å². The minimum atomic E-state index is 0.782. The zero-order valence-corrected chi connectivity index (χ0v) is 32.0. The molecule has 1 aliphatic heterocycles. The van der Waals surface area contributed by atoms with Crippen LogP contribution < -0.4 is 9.93 Å². The van der Waals surface area contributed by atoms with Gasteiger partial charge in [0.05, 0.1) is 17.4 Å². The number of fused-ring (bicyclic) bond motifs is 6. The lowest BCUT2D eigenvalue weighted by Crippen LogP contribution is -2.24. The van der Waals surface area contributed by atoms with Crippen LogP contribution in [0.4, 0.5) is 5.82 Å². The molecule has 272 valence electrons. The van der Waals surface area contributed by atoms with Gasteiger partial charge in [-0.25, -0.2) is 4.98 Å². The number of rotatable bonds is 4. The van der Waals surface area contributed by atoms with Crippen molar-refractivity contribution in [3.63, 3.8) is 0 Å². The molecule has 2 aromatic heterocycles. The van der Waals surface area contributed by atoms with Crippen LogP contribution in [0.25, 0.3) is 99.2 Å². The Hall–Kier alpha value is -7.43. The van der Waals surface area contributed by atoms with Crippen molar-refractivity contribution in [2.75, 3.05) is 0 Å². The Morgan fingerprint density at radius 1 is 0.552 bits per heavy atom. The van der Waals surface area contributed by atoms with E-state index in [1.54, 1.807) is 0 Å². The predicted octanol–water partition coefficient (Wildman–Crippen LogP) is 13.1. The van der Waals surface area contributed by atoms with E-state index in [2.05, 4.69) is 198 Å². The van der Waals surface area contributed by atoms with Crippen LogP contribution in [0.2, 0.25) is 0 Å². The summed E-state index contributed by atoms with van der Waals surface area (Å²) in [7, 11) is 0. The second kappa shape index (κ2) is 12.8. The number of hydrogen-bond acceptors (Lipinski definition) is 2. The Morgan fingerprint density at radius 3 is 2.07 bits per heavy atom. The molecule has 0 spiro atoms. The van der Waals surface area contributed by atoms with Crippen molar-refractivity contribution < 1.29 is 0 Å². The first-order valence-corrected chi connectivity index (χ1v) is 20.2. The van der Waals surface area contributed by atoms with Crippen molar-refractivity contribution in [1.29, 1.82) is 0 Å². The number of allylic oxidation sites excluding steroid dienone is 4. The molecule has 2 bridgehead atoms. The molecular formula is C54H37N4+. The average molecular weight is 742 g/mol. The van der Waals surface area contributed by atoms with E-state index >= 15 is 0 Å². The lowest BCUT2D eigenvalue weighted by atomic mass is 9.91. The summed E-state index contributed by atoms with van der Waals surface area (Å²) in [5.41, 5.74) is 10.7. The number of nitrogens with zero attached hydrogens (tertiary/aromatic N) is 4. The fourth-order valence-electron chi connectivity index (χ4n) is 9.61. The quantitative estimate of drug-likeness (QED) is 0.133. The minimum absolute atomic E-state index is 0.782. The standard InChI is InChI=1S/C54H37N4/c1-34-49-44-32-38(35-16-5-2-6-17-35)33-48(49)57(54-52(37-19-7-3-8-20-37)56-53-40-23-12-11-18-36(40)28-29-45(53)55-54)31-30-47-50(34)51-43(41-24-13-14-25-42(41)44)26-15-27-46(51)58(47)39-21-9-4-10-22-39/h2-3,5-9,11-33H,4,10H2,1H3/q+1.